The normalized spacial score (nSPS) is 17.6. The van der Waals surface area contributed by atoms with Crippen LogP contribution in [-0.2, 0) is 55.5 Å². The van der Waals surface area contributed by atoms with Crippen molar-refractivity contribution in [1.82, 2.24) is 16.0 Å². The summed E-state index contributed by atoms with van der Waals surface area (Å²) < 4.78 is 88.0. The van der Waals surface area contributed by atoms with E-state index in [-0.39, 0.29) is 37.9 Å². The summed E-state index contributed by atoms with van der Waals surface area (Å²) >= 11 is 0. The fraction of sp³-hybridized carbons (Fsp3) is 0.421. The van der Waals surface area contributed by atoms with Crippen molar-refractivity contribution in [2.45, 2.75) is 88.6 Å². The van der Waals surface area contributed by atoms with Crippen LogP contribution in [0.5, 0.6) is 0 Å². The Kier molecular flexibility index (Phi) is 13.7. The summed E-state index contributed by atoms with van der Waals surface area (Å²) in [5, 5.41) is 11.1. The largest absolute Gasteiger partial charge is 0.416 e. The minimum atomic E-state index is -5.20. The van der Waals surface area contributed by atoms with E-state index < -0.39 is 88.7 Å². The highest BCUT2D eigenvalue weighted by atomic mass is 19.4. The number of amides is 3. The average molecular weight is 775 g/mol. The molecule has 17 heteroatoms. The van der Waals surface area contributed by atoms with Gasteiger partial charge < -0.3 is 20.7 Å². The number of ketones is 1. The van der Waals surface area contributed by atoms with Crippen LogP contribution in [0.25, 0.3) is 10.4 Å². The van der Waals surface area contributed by atoms with Gasteiger partial charge in [-0.2, -0.15) is 26.3 Å². The number of hydrogen-bond donors (Lipinski definition) is 3. The maximum absolute atomic E-state index is 14.1. The molecule has 3 amide bonds. The van der Waals surface area contributed by atoms with Crippen molar-refractivity contribution in [2.24, 2.45) is 11.0 Å². The number of ether oxygens (including phenoxy) is 1. The van der Waals surface area contributed by atoms with E-state index in [2.05, 4.69) is 26.0 Å². The molecule has 3 aromatic carbocycles. The highest BCUT2D eigenvalue weighted by molar-refractivity contribution is 5.98. The predicted molar refractivity (Wildman–Crippen MR) is 188 cm³/mol. The lowest BCUT2D eigenvalue weighted by atomic mass is 9.92. The lowest BCUT2D eigenvalue weighted by molar-refractivity contribution is -0.143. The Morgan fingerprint density at radius 1 is 0.727 bits per heavy atom. The fourth-order valence-corrected chi connectivity index (χ4v) is 5.86. The van der Waals surface area contributed by atoms with Crippen molar-refractivity contribution >= 4 is 23.5 Å². The van der Waals surface area contributed by atoms with Crippen LogP contribution in [0.4, 0.5) is 26.3 Å². The second-order valence-corrected chi connectivity index (χ2v) is 13.9. The van der Waals surface area contributed by atoms with Crippen LogP contribution in [0, 0.1) is 5.92 Å². The van der Waals surface area contributed by atoms with Crippen LogP contribution in [0.3, 0.4) is 0 Å². The monoisotopic (exact) mass is 774 g/mol. The van der Waals surface area contributed by atoms with Gasteiger partial charge in [-0.1, -0.05) is 79.6 Å². The van der Waals surface area contributed by atoms with E-state index in [1.165, 1.54) is 6.92 Å². The molecule has 0 bridgehead atoms. The summed E-state index contributed by atoms with van der Waals surface area (Å²) in [6.07, 6.45) is -11.4. The number of azide groups is 1. The topological polar surface area (TPSA) is 166 Å². The first kappa shape index (κ1) is 42.3. The Morgan fingerprint density at radius 2 is 1.16 bits per heavy atom. The maximum atomic E-state index is 14.1. The number of benzene rings is 3. The number of Topliss-reactive ketones (excluding diaryl/α,β-unsaturated/α-hetero) is 1. The summed E-state index contributed by atoms with van der Waals surface area (Å²) in [5.74, 6) is -3.65. The van der Waals surface area contributed by atoms with Crippen LogP contribution >= 0.6 is 0 Å². The maximum Gasteiger partial charge on any atom is 0.416 e. The molecule has 5 atom stereocenters. The molecule has 0 saturated carbocycles. The fourth-order valence-electron chi connectivity index (χ4n) is 5.86. The van der Waals surface area contributed by atoms with Gasteiger partial charge >= 0.3 is 12.4 Å². The number of carbonyl (C=O) groups is 4. The Balaban J connectivity index is 1.72. The van der Waals surface area contributed by atoms with E-state index in [0.717, 1.165) is 0 Å². The highest BCUT2D eigenvalue weighted by Gasteiger charge is 2.50. The second kappa shape index (κ2) is 17.8. The molecule has 0 aromatic heterocycles. The van der Waals surface area contributed by atoms with E-state index >= 15 is 0 Å². The third-order valence-corrected chi connectivity index (χ3v) is 8.84. The Hall–Kier alpha value is -5.41. The average Bonchev–Trinajstić information content (AvgIpc) is 3.88. The van der Waals surface area contributed by atoms with Gasteiger partial charge in [0.05, 0.1) is 23.8 Å². The molecule has 0 radical (unpaired) electrons. The van der Waals surface area contributed by atoms with E-state index in [0.29, 0.717) is 23.3 Å². The van der Waals surface area contributed by atoms with Crippen molar-refractivity contribution in [3.63, 3.8) is 0 Å². The molecule has 55 heavy (non-hydrogen) atoms. The first-order chi connectivity index (χ1) is 25.8. The second-order valence-electron chi connectivity index (χ2n) is 13.9. The Bertz CT molecular complexity index is 1850. The SMILES string of the molecule is CC(C)C[C@H](NC(=O)[C@H](Cc1cc(C(F)(F)F)cc(C(F)(F)F)c1)NC(=O)[C@H](Cc1ccccc1)NC(=O)[C@H](Cc1ccccc1)N=[N+]=[N-])C(=O)[C@@]1(C)CO1. The minimum Gasteiger partial charge on any atom is -0.361 e. The van der Waals surface area contributed by atoms with Gasteiger partial charge in [0, 0.05) is 17.8 Å². The molecule has 0 unspecified atom stereocenters. The van der Waals surface area contributed by atoms with Gasteiger partial charge in [0.15, 0.2) is 5.78 Å². The molecular formula is C38H40F6N6O5. The standard InChI is InChI=1S/C38H40F6N6O5/c1-22(2)14-28(32(51)36(3)21-55-36)46-33(52)30(19-25-15-26(37(39,40)41)20-27(16-25)38(42,43)44)47-34(53)29(17-23-10-6-4-7-11-23)48-35(54)31(49-50-45)18-24-12-8-5-9-13-24/h4-13,15-16,20,22,28-31H,14,17-19,21H2,1-3H3,(H,46,52)(H,47,53)(H,48,54)/t28-,29-,30-,31-,36+/m0/s1. The van der Waals surface area contributed by atoms with Gasteiger partial charge in [-0.3, -0.25) is 19.2 Å². The minimum absolute atomic E-state index is 0.0492. The molecule has 3 N–H and O–H groups in total. The van der Waals surface area contributed by atoms with Gasteiger partial charge in [-0.25, -0.2) is 0 Å². The molecule has 3 aromatic rings. The van der Waals surface area contributed by atoms with Crippen LogP contribution < -0.4 is 16.0 Å². The van der Waals surface area contributed by atoms with Gasteiger partial charge in [0.2, 0.25) is 17.7 Å². The van der Waals surface area contributed by atoms with Crippen molar-refractivity contribution in [3.05, 3.63) is 117 Å². The van der Waals surface area contributed by atoms with Crippen LogP contribution in [0.1, 0.15) is 55.0 Å². The number of carbonyl (C=O) groups excluding carboxylic acids is 4. The van der Waals surface area contributed by atoms with E-state index in [1.54, 1.807) is 74.5 Å². The molecule has 11 nitrogen and oxygen atoms in total. The molecule has 1 aliphatic heterocycles. The van der Waals surface area contributed by atoms with E-state index in [9.17, 15) is 51.1 Å². The molecule has 1 heterocycles. The number of nitrogens with zero attached hydrogens (tertiary/aromatic N) is 3. The molecule has 1 aliphatic rings. The summed E-state index contributed by atoms with van der Waals surface area (Å²) in [4.78, 5) is 57.7. The molecule has 0 aliphatic carbocycles. The quantitative estimate of drug-likeness (QED) is 0.0482. The number of nitrogens with one attached hydrogen (secondary N) is 3. The van der Waals surface area contributed by atoms with Crippen LogP contribution in [0.15, 0.2) is 84.0 Å². The summed E-state index contributed by atoms with van der Waals surface area (Å²) in [5.41, 5.74) is 5.29. The zero-order chi connectivity index (χ0) is 40.6. The third-order valence-electron chi connectivity index (χ3n) is 8.84. The number of epoxide rings is 1. The molecule has 294 valence electrons. The van der Waals surface area contributed by atoms with Gasteiger partial charge in [-0.05, 0) is 66.1 Å². The first-order valence-corrected chi connectivity index (χ1v) is 17.3. The van der Waals surface area contributed by atoms with Gasteiger partial charge in [-0.15, -0.1) is 0 Å². The summed E-state index contributed by atoms with van der Waals surface area (Å²) in [6, 6.07) is 11.8. The van der Waals surface area contributed by atoms with Crippen LogP contribution in [0.2, 0.25) is 0 Å². The number of alkyl halides is 6. The van der Waals surface area contributed by atoms with Gasteiger partial charge in [0.1, 0.15) is 23.7 Å². The molecular weight excluding hydrogens is 734 g/mol. The zero-order valence-corrected chi connectivity index (χ0v) is 30.1. The predicted octanol–water partition coefficient (Wildman–Crippen LogP) is 6.29. The Morgan fingerprint density at radius 3 is 1.60 bits per heavy atom. The third kappa shape index (κ3) is 12.3. The number of halogens is 6. The first-order valence-electron chi connectivity index (χ1n) is 17.3. The Labute approximate surface area is 312 Å². The lowest BCUT2D eigenvalue weighted by Crippen LogP contribution is -2.58. The van der Waals surface area contributed by atoms with Crippen molar-refractivity contribution in [1.29, 1.82) is 0 Å². The van der Waals surface area contributed by atoms with E-state index in [4.69, 9.17) is 4.74 Å². The van der Waals surface area contributed by atoms with Crippen molar-refractivity contribution < 1.29 is 50.3 Å². The summed E-state index contributed by atoms with van der Waals surface area (Å²) in [6.45, 7) is 5.11. The highest BCUT2D eigenvalue weighted by Crippen LogP contribution is 2.37. The molecule has 1 fully saturated rings. The summed E-state index contributed by atoms with van der Waals surface area (Å²) in [7, 11) is 0. The van der Waals surface area contributed by atoms with Crippen LogP contribution in [-0.4, -0.2) is 59.9 Å². The van der Waals surface area contributed by atoms with Crippen molar-refractivity contribution in [2.75, 3.05) is 6.61 Å². The zero-order valence-electron chi connectivity index (χ0n) is 30.1. The molecule has 4 rings (SSSR count). The van der Waals surface area contributed by atoms with E-state index in [1.807, 2.05) is 0 Å². The molecule has 1 saturated heterocycles. The lowest BCUT2D eigenvalue weighted by Gasteiger charge is -2.27. The van der Waals surface area contributed by atoms with Crippen molar-refractivity contribution in [3.8, 4) is 0 Å². The number of rotatable bonds is 17. The molecule has 0 spiro atoms. The van der Waals surface area contributed by atoms with Gasteiger partial charge in [0.25, 0.3) is 0 Å². The smallest absolute Gasteiger partial charge is 0.361 e. The number of hydrogen-bond acceptors (Lipinski definition) is 6.